The van der Waals surface area contributed by atoms with Crippen molar-refractivity contribution in [1.82, 2.24) is 0 Å². The lowest BCUT2D eigenvalue weighted by molar-refractivity contribution is 0.318. The Morgan fingerprint density at radius 2 is 1.88 bits per heavy atom. The predicted molar refractivity (Wildman–Crippen MR) is 72.1 cm³/mol. The third-order valence-electron chi connectivity index (χ3n) is 3.32. The van der Waals surface area contributed by atoms with Crippen molar-refractivity contribution in [3.63, 3.8) is 0 Å². The van der Waals surface area contributed by atoms with Gasteiger partial charge in [-0.3, -0.25) is 4.21 Å². The quantitative estimate of drug-likeness (QED) is 0.777. The minimum Gasteiger partial charge on any atom is -0.327 e. The lowest BCUT2D eigenvalue weighted by atomic mass is 9.85. The molecule has 1 fully saturated rings. The summed E-state index contributed by atoms with van der Waals surface area (Å²) in [5.74, 6) is 1.14. The second-order valence-corrected chi connectivity index (χ2v) is 8.88. The van der Waals surface area contributed by atoms with Gasteiger partial charge in [-0.15, -0.1) is 0 Å². The number of sulfone groups is 1. The molecule has 1 saturated carbocycles. The Bertz CT molecular complexity index is 348. The average Bonchev–Trinajstić information content (AvgIpc) is 2.27. The van der Waals surface area contributed by atoms with Crippen LogP contribution in [-0.4, -0.2) is 42.2 Å². The molecular weight excluding hydrogens is 258 g/mol. The molecule has 1 aliphatic carbocycles. The molecule has 0 radical (unpaired) electrons. The van der Waals surface area contributed by atoms with Gasteiger partial charge in [-0.05, 0) is 18.8 Å². The fourth-order valence-corrected chi connectivity index (χ4v) is 5.06. The Kier molecular flexibility index (Phi) is 6.09. The molecule has 2 unspecified atom stereocenters. The molecule has 17 heavy (non-hydrogen) atoms. The van der Waals surface area contributed by atoms with Gasteiger partial charge in [-0.2, -0.15) is 0 Å². The maximum absolute atomic E-state index is 11.7. The van der Waals surface area contributed by atoms with Crippen molar-refractivity contribution in [2.75, 3.05) is 23.5 Å². The highest BCUT2D eigenvalue weighted by Crippen LogP contribution is 2.25. The van der Waals surface area contributed by atoms with Crippen LogP contribution in [0.15, 0.2) is 0 Å². The van der Waals surface area contributed by atoms with Crippen LogP contribution in [0.1, 0.15) is 32.1 Å². The fraction of sp³-hybridized carbons (Fsp3) is 1.00. The number of hydrogen-bond acceptors (Lipinski definition) is 4. The van der Waals surface area contributed by atoms with E-state index in [9.17, 15) is 12.6 Å². The molecule has 2 N–H and O–H groups in total. The molecule has 0 heterocycles. The minimum atomic E-state index is -3.01. The van der Waals surface area contributed by atoms with Crippen molar-refractivity contribution in [3.8, 4) is 0 Å². The molecule has 0 spiro atoms. The first-order chi connectivity index (χ1) is 7.88. The van der Waals surface area contributed by atoms with E-state index in [4.69, 9.17) is 5.73 Å². The van der Waals surface area contributed by atoms with Crippen LogP contribution in [0.2, 0.25) is 0 Å². The molecule has 0 aliphatic heterocycles. The second-order valence-electron chi connectivity index (χ2n) is 5.00. The summed E-state index contributed by atoms with van der Waals surface area (Å²) in [6, 6.07) is -0.0318. The predicted octanol–water partition coefficient (Wildman–Crippen LogP) is 0.687. The number of nitrogens with two attached hydrogens (primary N) is 1. The van der Waals surface area contributed by atoms with Crippen LogP contribution in [0.25, 0.3) is 0 Å². The van der Waals surface area contributed by atoms with E-state index >= 15 is 0 Å². The number of rotatable bonds is 6. The van der Waals surface area contributed by atoms with E-state index in [1.54, 1.807) is 0 Å². The van der Waals surface area contributed by atoms with Gasteiger partial charge >= 0.3 is 0 Å². The van der Waals surface area contributed by atoms with Gasteiger partial charge in [0.1, 0.15) is 9.84 Å². The lowest BCUT2D eigenvalue weighted by Crippen LogP contribution is -2.37. The summed E-state index contributed by atoms with van der Waals surface area (Å²) in [5, 5.41) is 0. The van der Waals surface area contributed by atoms with Gasteiger partial charge in [0.05, 0.1) is 5.75 Å². The van der Waals surface area contributed by atoms with Gasteiger partial charge in [0.25, 0.3) is 0 Å². The van der Waals surface area contributed by atoms with E-state index in [1.165, 1.54) is 25.5 Å². The first kappa shape index (κ1) is 15.1. The average molecular weight is 281 g/mol. The lowest BCUT2D eigenvalue weighted by Gasteiger charge is -2.27. The van der Waals surface area contributed by atoms with Crippen molar-refractivity contribution in [1.29, 1.82) is 0 Å². The Labute approximate surface area is 107 Å². The first-order valence-corrected chi connectivity index (χ1v) is 9.71. The summed E-state index contributed by atoms with van der Waals surface area (Å²) in [6.45, 7) is 0. The van der Waals surface area contributed by atoms with E-state index in [2.05, 4.69) is 0 Å². The molecule has 0 amide bonds. The second kappa shape index (κ2) is 6.85. The standard InChI is InChI=1S/C11H23NO3S2/c1-17(14,15)8-7-16(13)9-11(12)10-5-3-2-4-6-10/h10-11H,2-9,12H2,1H3. The number of hydrogen-bond donors (Lipinski definition) is 1. The van der Waals surface area contributed by atoms with E-state index in [0.29, 0.717) is 11.7 Å². The molecule has 0 aromatic rings. The van der Waals surface area contributed by atoms with Gasteiger partial charge in [-0.25, -0.2) is 8.42 Å². The van der Waals surface area contributed by atoms with E-state index in [-0.39, 0.29) is 17.5 Å². The van der Waals surface area contributed by atoms with E-state index < -0.39 is 20.6 Å². The van der Waals surface area contributed by atoms with Crippen LogP contribution in [-0.2, 0) is 20.6 Å². The van der Waals surface area contributed by atoms with Crippen LogP contribution < -0.4 is 5.73 Å². The maximum atomic E-state index is 11.7. The first-order valence-electron chi connectivity index (χ1n) is 6.17. The maximum Gasteiger partial charge on any atom is 0.148 e. The van der Waals surface area contributed by atoms with Crippen molar-refractivity contribution in [2.24, 2.45) is 11.7 Å². The largest absolute Gasteiger partial charge is 0.327 e. The van der Waals surface area contributed by atoms with Gasteiger partial charge in [0.15, 0.2) is 0 Å². The summed E-state index contributed by atoms with van der Waals surface area (Å²) < 4.78 is 33.6. The monoisotopic (exact) mass is 281 g/mol. The summed E-state index contributed by atoms with van der Waals surface area (Å²) in [5.41, 5.74) is 6.05. The van der Waals surface area contributed by atoms with Crippen LogP contribution in [0.4, 0.5) is 0 Å². The van der Waals surface area contributed by atoms with Crippen molar-refractivity contribution in [2.45, 2.75) is 38.1 Å². The summed E-state index contributed by atoms with van der Waals surface area (Å²) in [7, 11) is -4.12. The van der Waals surface area contributed by atoms with Gasteiger partial charge in [0.2, 0.25) is 0 Å². The minimum absolute atomic E-state index is 0.00298. The van der Waals surface area contributed by atoms with Crippen LogP contribution >= 0.6 is 0 Å². The highest BCUT2D eigenvalue weighted by Gasteiger charge is 2.22. The summed E-state index contributed by atoms with van der Waals surface area (Å²) in [6.07, 6.45) is 7.14. The molecule has 102 valence electrons. The van der Waals surface area contributed by atoms with Gasteiger partial charge < -0.3 is 5.73 Å². The zero-order chi connectivity index (χ0) is 12.9. The molecule has 1 rings (SSSR count). The normalized spacial score (nSPS) is 22.2. The van der Waals surface area contributed by atoms with Gasteiger partial charge in [0, 0.05) is 34.6 Å². The molecule has 0 bridgehead atoms. The Morgan fingerprint density at radius 3 is 2.41 bits per heavy atom. The Morgan fingerprint density at radius 1 is 1.29 bits per heavy atom. The molecule has 6 heteroatoms. The fourth-order valence-electron chi connectivity index (χ4n) is 2.24. The molecular formula is C11H23NO3S2. The van der Waals surface area contributed by atoms with E-state index in [1.807, 2.05) is 0 Å². The summed E-state index contributed by atoms with van der Waals surface area (Å²) >= 11 is 0. The van der Waals surface area contributed by atoms with Crippen molar-refractivity contribution >= 4 is 20.6 Å². The zero-order valence-corrected chi connectivity index (χ0v) is 12.1. The Hall–Kier alpha value is 0.0600. The highest BCUT2D eigenvalue weighted by atomic mass is 32.2. The molecule has 0 aromatic carbocycles. The third kappa shape index (κ3) is 6.52. The molecule has 0 saturated heterocycles. The molecule has 2 atom stereocenters. The molecule has 1 aliphatic rings. The van der Waals surface area contributed by atoms with Crippen LogP contribution in [0.3, 0.4) is 0 Å². The van der Waals surface area contributed by atoms with Crippen LogP contribution in [0.5, 0.6) is 0 Å². The molecule has 4 nitrogen and oxygen atoms in total. The van der Waals surface area contributed by atoms with E-state index in [0.717, 1.165) is 12.8 Å². The summed E-state index contributed by atoms with van der Waals surface area (Å²) in [4.78, 5) is 0. The van der Waals surface area contributed by atoms with Crippen molar-refractivity contribution in [3.05, 3.63) is 0 Å². The smallest absolute Gasteiger partial charge is 0.148 e. The SMILES string of the molecule is CS(=O)(=O)CCS(=O)CC(N)C1CCCCC1. The highest BCUT2D eigenvalue weighted by molar-refractivity contribution is 7.92. The Balaban J connectivity index is 2.29. The molecule has 0 aromatic heterocycles. The zero-order valence-electron chi connectivity index (χ0n) is 10.4. The van der Waals surface area contributed by atoms with Crippen molar-refractivity contribution < 1.29 is 12.6 Å². The topological polar surface area (TPSA) is 77.2 Å². The van der Waals surface area contributed by atoms with Crippen LogP contribution in [0, 0.1) is 5.92 Å². The van der Waals surface area contributed by atoms with Gasteiger partial charge in [-0.1, -0.05) is 19.3 Å². The third-order valence-corrected chi connectivity index (χ3v) is 5.94.